The van der Waals surface area contributed by atoms with Gasteiger partial charge in [0.15, 0.2) is 0 Å². The molecular formula is C14H15ClN2O2. The molecule has 0 aliphatic heterocycles. The second kappa shape index (κ2) is 5.55. The number of aliphatic carboxylic acids is 1. The van der Waals surface area contributed by atoms with E-state index in [0.717, 1.165) is 22.0 Å². The second-order valence-electron chi connectivity index (χ2n) is 4.70. The highest BCUT2D eigenvalue weighted by atomic mass is 35.5. The number of fused-ring (bicyclic) bond motifs is 1. The number of halogens is 1. The van der Waals surface area contributed by atoms with Gasteiger partial charge in [-0.3, -0.25) is 9.69 Å². The van der Waals surface area contributed by atoms with Crippen LogP contribution in [0, 0.1) is 6.92 Å². The molecule has 19 heavy (non-hydrogen) atoms. The summed E-state index contributed by atoms with van der Waals surface area (Å²) in [6.45, 7) is 2.44. The van der Waals surface area contributed by atoms with Crippen molar-refractivity contribution in [1.82, 2.24) is 9.88 Å². The molecule has 0 fully saturated rings. The van der Waals surface area contributed by atoms with Gasteiger partial charge in [-0.25, -0.2) is 4.98 Å². The highest BCUT2D eigenvalue weighted by molar-refractivity contribution is 6.30. The maximum atomic E-state index is 10.6. The number of rotatable bonds is 4. The molecule has 2 aromatic rings. The average molecular weight is 279 g/mol. The number of carboxylic acid groups (broad SMARTS) is 1. The Balaban J connectivity index is 2.31. The van der Waals surface area contributed by atoms with E-state index in [1.54, 1.807) is 11.9 Å². The number of carbonyl (C=O) groups is 1. The normalized spacial score (nSPS) is 11.2. The van der Waals surface area contributed by atoms with Crippen molar-refractivity contribution in [3.8, 4) is 0 Å². The molecule has 4 nitrogen and oxygen atoms in total. The number of aryl methyl sites for hydroxylation is 1. The summed E-state index contributed by atoms with van der Waals surface area (Å²) >= 11 is 6.15. The van der Waals surface area contributed by atoms with Gasteiger partial charge in [0.05, 0.1) is 12.1 Å². The van der Waals surface area contributed by atoms with Gasteiger partial charge in [0, 0.05) is 17.5 Å². The maximum Gasteiger partial charge on any atom is 0.317 e. The van der Waals surface area contributed by atoms with Crippen LogP contribution < -0.4 is 0 Å². The molecule has 0 spiro atoms. The lowest BCUT2D eigenvalue weighted by atomic mass is 10.1. The summed E-state index contributed by atoms with van der Waals surface area (Å²) in [5.41, 5.74) is 2.82. The summed E-state index contributed by atoms with van der Waals surface area (Å²) in [5.74, 6) is -0.858. The van der Waals surface area contributed by atoms with Crippen LogP contribution in [0.3, 0.4) is 0 Å². The SMILES string of the molecule is Cc1ccc2cc(CN(C)CC(=O)O)c(Cl)nc2c1. The Bertz CT molecular complexity index is 628. The van der Waals surface area contributed by atoms with Crippen molar-refractivity contribution in [2.24, 2.45) is 0 Å². The average Bonchev–Trinajstić information content (AvgIpc) is 2.29. The van der Waals surface area contributed by atoms with E-state index in [9.17, 15) is 4.79 Å². The van der Waals surface area contributed by atoms with Gasteiger partial charge in [-0.15, -0.1) is 0 Å². The molecular weight excluding hydrogens is 264 g/mol. The number of aromatic nitrogens is 1. The van der Waals surface area contributed by atoms with Crippen molar-refractivity contribution in [2.75, 3.05) is 13.6 Å². The van der Waals surface area contributed by atoms with Gasteiger partial charge in [-0.05, 0) is 31.7 Å². The third-order valence-electron chi connectivity index (χ3n) is 2.84. The van der Waals surface area contributed by atoms with Crippen molar-refractivity contribution in [1.29, 1.82) is 0 Å². The second-order valence-corrected chi connectivity index (χ2v) is 5.06. The van der Waals surface area contributed by atoms with Crippen LogP contribution in [0.2, 0.25) is 5.15 Å². The zero-order chi connectivity index (χ0) is 14.0. The minimum atomic E-state index is -0.858. The smallest absolute Gasteiger partial charge is 0.317 e. The van der Waals surface area contributed by atoms with Crippen molar-refractivity contribution in [3.63, 3.8) is 0 Å². The Labute approximate surface area is 116 Å². The number of benzene rings is 1. The van der Waals surface area contributed by atoms with Crippen LogP contribution in [0.5, 0.6) is 0 Å². The molecule has 2 rings (SSSR count). The van der Waals surface area contributed by atoms with Crippen LogP contribution in [0.1, 0.15) is 11.1 Å². The quantitative estimate of drug-likeness (QED) is 0.874. The predicted octanol–water partition coefficient (Wildman–Crippen LogP) is 2.71. The molecule has 5 heteroatoms. The summed E-state index contributed by atoms with van der Waals surface area (Å²) < 4.78 is 0. The molecule has 0 amide bonds. The van der Waals surface area contributed by atoms with Crippen LogP contribution in [0.15, 0.2) is 24.3 Å². The summed E-state index contributed by atoms with van der Waals surface area (Å²) in [5, 5.41) is 10.2. The van der Waals surface area contributed by atoms with E-state index < -0.39 is 5.97 Å². The molecule has 0 bridgehead atoms. The molecule has 0 saturated heterocycles. The standard InChI is InChI=1S/C14H15ClN2O2/c1-9-3-4-10-6-11(7-17(2)8-13(18)19)14(15)16-12(10)5-9/h3-6H,7-8H2,1-2H3,(H,18,19). The van der Waals surface area contributed by atoms with Crippen LogP contribution in [-0.2, 0) is 11.3 Å². The summed E-state index contributed by atoms with van der Waals surface area (Å²) in [6.07, 6.45) is 0. The molecule has 1 aromatic heterocycles. The monoisotopic (exact) mass is 278 g/mol. The Hall–Kier alpha value is -1.65. The van der Waals surface area contributed by atoms with Crippen LogP contribution >= 0.6 is 11.6 Å². The van der Waals surface area contributed by atoms with Gasteiger partial charge in [-0.2, -0.15) is 0 Å². The van der Waals surface area contributed by atoms with Gasteiger partial charge in [0.2, 0.25) is 0 Å². The molecule has 100 valence electrons. The summed E-state index contributed by atoms with van der Waals surface area (Å²) in [7, 11) is 1.74. The van der Waals surface area contributed by atoms with Gasteiger partial charge >= 0.3 is 5.97 Å². The van der Waals surface area contributed by atoms with Crippen LogP contribution in [0.25, 0.3) is 10.9 Å². The first kappa shape index (κ1) is 13.8. The topological polar surface area (TPSA) is 53.4 Å². The predicted molar refractivity (Wildman–Crippen MR) is 75.5 cm³/mol. The van der Waals surface area contributed by atoms with Crippen molar-refractivity contribution in [3.05, 3.63) is 40.5 Å². The number of hydrogen-bond acceptors (Lipinski definition) is 3. The molecule has 1 aromatic carbocycles. The largest absolute Gasteiger partial charge is 0.480 e. The molecule has 0 unspecified atom stereocenters. The van der Waals surface area contributed by atoms with Gasteiger partial charge < -0.3 is 5.11 Å². The van der Waals surface area contributed by atoms with Crippen molar-refractivity contribution < 1.29 is 9.90 Å². The molecule has 0 aliphatic carbocycles. The van der Waals surface area contributed by atoms with E-state index in [2.05, 4.69) is 4.98 Å². The van der Waals surface area contributed by atoms with E-state index in [1.165, 1.54) is 0 Å². The lowest BCUT2D eigenvalue weighted by Crippen LogP contribution is -2.25. The fraction of sp³-hybridized carbons (Fsp3) is 0.286. The third kappa shape index (κ3) is 3.43. The van der Waals surface area contributed by atoms with Crippen LogP contribution in [-0.4, -0.2) is 34.6 Å². The highest BCUT2D eigenvalue weighted by Crippen LogP contribution is 2.22. The Morgan fingerprint density at radius 3 is 2.84 bits per heavy atom. The van der Waals surface area contributed by atoms with Crippen LogP contribution in [0.4, 0.5) is 0 Å². The number of nitrogens with zero attached hydrogens (tertiary/aromatic N) is 2. The van der Waals surface area contributed by atoms with Crippen molar-refractivity contribution >= 4 is 28.5 Å². The number of carboxylic acids is 1. The highest BCUT2D eigenvalue weighted by Gasteiger charge is 2.10. The molecule has 0 saturated carbocycles. The van der Waals surface area contributed by atoms with E-state index in [0.29, 0.717) is 11.7 Å². The van der Waals surface area contributed by atoms with Gasteiger partial charge in [-0.1, -0.05) is 23.7 Å². The maximum absolute atomic E-state index is 10.6. The first-order valence-corrected chi connectivity index (χ1v) is 6.29. The third-order valence-corrected chi connectivity index (χ3v) is 3.17. The minimum Gasteiger partial charge on any atom is -0.480 e. The Morgan fingerprint density at radius 2 is 2.16 bits per heavy atom. The van der Waals surface area contributed by atoms with E-state index >= 15 is 0 Å². The fourth-order valence-corrected chi connectivity index (χ4v) is 2.19. The first-order valence-electron chi connectivity index (χ1n) is 5.92. The number of hydrogen-bond donors (Lipinski definition) is 1. The van der Waals surface area contributed by atoms with Crippen molar-refractivity contribution in [2.45, 2.75) is 13.5 Å². The lowest BCUT2D eigenvalue weighted by Gasteiger charge is -2.15. The zero-order valence-electron chi connectivity index (χ0n) is 10.9. The molecule has 0 aliphatic rings. The molecule has 1 heterocycles. The fourth-order valence-electron chi connectivity index (χ4n) is 1.99. The molecule has 0 atom stereocenters. The van der Waals surface area contributed by atoms with E-state index in [1.807, 2.05) is 31.2 Å². The Morgan fingerprint density at radius 1 is 1.42 bits per heavy atom. The summed E-state index contributed by atoms with van der Waals surface area (Å²) in [4.78, 5) is 16.7. The number of likely N-dealkylation sites (N-methyl/N-ethyl adjacent to an activating group) is 1. The number of pyridine rings is 1. The van der Waals surface area contributed by atoms with Gasteiger partial charge in [0.25, 0.3) is 0 Å². The molecule has 0 radical (unpaired) electrons. The summed E-state index contributed by atoms with van der Waals surface area (Å²) in [6, 6.07) is 7.95. The zero-order valence-corrected chi connectivity index (χ0v) is 11.6. The van der Waals surface area contributed by atoms with E-state index in [4.69, 9.17) is 16.7 Å². The minimum absolute atomic E-state index is 0.0255. The Kier molecular flexibility index (Phi) is 4.02. The van der Waals surface area contributed by atoms with E-state index in [-0.39, 0.29) is 6.54 Å². The van der Waals surface area contributed by atoms with Gasteiger partial charge in [0.1, 0.15) is 5.15 Å². The lowest BCUT2D eigenvalue weighted by molar-refractivity contribution is -0.138. The first-order chi connectivity index (χ1) is 8.95. The molecule has 1 N–H and O–H groups in total.